The van der Waals surface area contributed by atoms with Crippen molar-refractivity contribution in [3.05, 3.63) is 52.0 Å². The van der Waals surface area contributed by atoms with Crippen molar-refractivity contribution in [3.63, 3.8) is 0 Å². The van der Waals surface area contributed by atoms with Crippen molar-refractivity contribution in [3.8, 4) is 0 Å². The van der Waals surface area contributed by atoms with Crippen molar-refractivity contribution in [2.24, 2.45) is 17.8 Å². The molecule has 6 atom stereocenters. The highest BCUT2D eigenvalue weighted by atomic mass is 32.1. The number of ether oxygens (including phenoxy) is 1. The molecule has 11 nitrogen and oxygen atoms in total. The van der Waals surface area contributed by atoms with Gasteiger partial charge in [0.05, 0.1) is 6.04 Å². The molecule has 12 heteroatoms. The van der Waals surface area contributed by atoms with Crippen molar-refractivity contribution in [1.82, 2.24) is 25.8 Å². The van der Waals surface area contributed by atoms with Crippen molar-refractivity contribution in [2.45, 2.75) is 91.1 Å². The van der Waals surface area contributed by atoms with Crippen LogP contribution in [0, 0.1) is 17.8 Å². The zero-order chi connectivity index (χ0) is 33.8. The third-order valence-electron chi connectivity index (χ3n) is 8.31. The minimum atomic E-state index is -1.14. The molecule has 0 saturated carbocycles. The molecule has 0 aliphatic carbocycles. The number of nitrogens with one attached hydrogen (secondary N) is 3. The molecule has 0 radical (unpaired) electrons. The first-order valence-electron chi connectivity index (χ1n) is 15.6. The van der Waals surface area contributed by atoms with Crippen LogP contribution in [-0.2, 0) is 25.5 Å². The largest absolute Gasteiger partial charge is 0.480 e. The van der Waals surface area contributed by atoms with Crippen molar-refractivity contribution in [1.29, 1.82) is 0 Å². The molecule has 2 unspecified atom stereocenters. The number of likely N-dealkylation sites (N-methyl/N-ethyl adjacent to an activating group) is 2. The number of carbonyl (C=O) groups is 4. The molecular formula is C33H51N5O6S. The molecule has 0 saturated heterocycles. The van der Waals surface area contributed by atoms with Crippen LogP contribution in [0.15, 0.2) is 35.7 Å². The Bertz CT molecular complexity index is 1250. The number of aromatic nitrogens is 1. The maximum Gasteiger partial charge on any atom is 0.326 e. The maximum atomic E-state index is 13.9. The first-order chi connectivity index (χ1) is 21.2. The normalized spacial score (nSPS) is 15.5. The molecule has 3 amide bonds. The van der Waals surface area contributed by atoms with E-state index in [-0.39, 0.29) is 47.7 Å². The highest BCUT2D eigenvalue weighted by molar-refractivity contribution is 7.09. The molecule has 1 aromatic carbocycles. The number of methoxy groups -OCH3 is 1. The van der Waals surface area contributed by atoms with Crippen LogP contribution in [0.1, 0.15) is 81.5 Å². The number of thiazole rings is 1. The number of hydrogen-bond acceptors (Lipinski definition) is 8. The minimum absolute atomic E-state index is 0.0441. The molecule has 1 heterocycles. The molecule has 0 aliphatic rings. The smallest absolute Gasteiger partial charge is 0.326 e. The Morgan fingerprint density at radius 3 is 2.16 bits per heavy atom. The lowest BCUT2D eigenvalue weighted by Crippen LogP contribution is -2.57. The van der Waals surface area contributed by atoms with E-state index in [1.807, 2.05) is 71.9 Å². The Kier molecular flexibility index (Phi) is 15.1. The number of nitrogens with zero attached hydrogens (tertiary/aromatic N) is 2. The van der Waals surface area contributed by atoms with Crippen LogP contribution in [0.2, 0.25) is 0 Å². The van der Waals surface area contributed by atoms with Gasteiger partial charge >= 0.3 is 5.97 Å². The van der Waals surface area contributed by atoms with E-state index in [0.29, 0.717) is 17.8 Å². The second kappa shape index (κ2) is 18.0. The third kappa shape index (κ3) is 10.6. The topological polar surface area (TPSA) is 150 Å². The molecule has 0 bridgehead atoms. The van der Waals surface area contributed by atoms with Crippen LogP contribution in [0.4, 0.5) is 0 Å². The van der Waals surface area contributed by atoms with Crippen molar-refractivity contribution < 1.29 is 29.0 Å². The number of carboxylic acids is 1. The Balaban J connectivity index is 2.21. The summed E-state index contributed by atoms with van der Waals surface area (Å²) in [4.78, 5) is 58.1. The fourth-order valence-electron chi connectivity index (χ4n) is 5.29. The third-order valence-corrected chi connectivity index (χ3v) is 9.24. The summed E-state index contributed by atoms with van der Waals surface area (Å²) in [5, 5.41) is 20.5. The lowest BCUT2D eigenvalue weighted by molar-refractivity contribution is -0.140. The SMILES string of the molecule is CCC(C)[C@H](NC(=O)[C@@H](NC)C(C)C)C(=O)N(C)[C@H](CC(OC)c1nc(C(=O)N[C@@H](Cc2ccccc2)C(=O)O)cs1)C(C)C. The average molecular weight is 646 g/mol. The Morgan fingerprint density at radius 2 is 1.64 bits per heavy atom. The lowest BCUT2D eigenvalue weighted by Gasteiger charge is -2.37. The van der Waals surface area contributed by atoms with Gasteiger partial charge in [-0.15, -0.1) is 11.3 Å². The maximum absolute atomic E-state index is 13.9. The second-order valence-electron chi connectivity index (χ2n) is 12.2. The molecule has 2 rings (SSSR count). The van der Waals surface area contributed by atoms with E-state index in [9.17, 15) is 24.3 Å². The van der Waals surface area contributed by atoms with Crippen molar-refractivity contribution >= 4 is 35.0 Å². The van der Waals surface area contributed by atoms with Gasteiger partial charge in [0.2, 0.25) is 11.8 Å². The molecule has 250 valence electrons. The number of rotatable bonds is 18. The zero-order valence-electron chi connectivity index (χ0n) is 28.0. The standard InChI is InChI=1S/C33H51N5O6S/c1-10-21(6)28(37-30(40)27(34-7)20(4)5)32(41)38(8)25(19(2)3)17-26(44-9)31-36-24(18-45-31)29(39)35-23(33(42)43)16-22-14-12-11-13-15-22/h11-15,18-21,23,25-28,34H,10,16-17H2,1-9H3,(H,35,39)(H,37,40)(H,42,43)/t21?,23-,25+,26?,27-,28-/m0/s1. The van der Waals surface area contributed by atoms with Gasteiger partial charge in [-0.05, 0) is 30.4 Å². The highest BCUT2D eigenvalue weighted by Gasteiger charge is 2.36. The van der Waals surface area contributed by atoms with Crippen LogP contribution in [0.25, 0.3) is 0 Å². The van der Waals surface area contributed by atoms with E-state index in [1.54, 1.807) is 31.5 Å². The van der Waals surface area contributed by atoms with Crippen LogP contribution < -0.4 is 16.0 Å². The van der Waals surface area contributed by atoms with Crippen LogP contribution in [0.3, 0.4) is 0 Å². The van der Waals surface area contributed by atoms with Crippen LogP contribution >= 0.6 is 11.3 Å². The highest BCUT2D eigenvalue weighted by Crippen LogP contribution is 2.30. The molecule has 2 aromatic rings. The monoisotopic (exact) mass is 645 g/mol. The molecule has 4 N–H and O–H groups in total. The van der Waals surface area contributed by atoms with E-state index in [2.05, 4.69) is 20.9 Å². The average Bonchev–Trinajstić information content (AvgIpc) is 3.50. The van der Waals surface area contributed by atoms with Gasteiger partial charge in [-0.3, -0.25) is 14.4 Å². The van der Waals surface area contributed by atoms with E-state index in [1.165, 1.54) is 11.3 Å². The second-order valence-corrected chi connectivity index (χ2v) is 13.1. The Labute approximate surface area is 271 Å². The lowest BCUT2D eigenvalue weighted by atomic mass is 9.92. The van der Waals surface area contributed by atoms with E-state index >= 15 is 0 Å². The summed E-state index contributed by atoms with van der Waals surface area (Å²) < 4.78 is 5.81. The first kappa shape index (κ1) is 37.8. The summed E-state index contributed by atoms with van der Waals surface area (Å²) in [6.07, 6.45) is 0.733. The summed E-state index contributed by atoms with van der Waals surface area (Å²) in [7, 11) is 5.04. The van der Waals surface area contributed by atoms with E-state index in [4.69, 9.17) is 4.74 Å². The van der Waals surface area contributed by atoms with Gasteiger partial charge in [0.25, 0.3) is 5.91 Å². The number of hydrogen-bond donors (Lipinski definition) is 4. The summed E-state index contributed by atoms with van der Waals surface area (Å²) in [6, 6.07) is 6.59. The number of carbonyl (C=O) groups excluding carboxylic acids is 3. The Morgan fingerprint density at radius 1 is 1.00 bits per heavy atom. The number of carboxylic acid groups (broad SMARTS) is 1. The summed E-state index contributed by atoms with van der Waals surface area (Å²) in [6.45, 7) is 11.9. The quantitative estimate of drug-likeness (QED) is 0.191. The predicted molar refractivity (Wildman–Crippen MR) is 176 cm³/mol. The summed E-state index contributed by atoms with van der Waals surface area (Å²) in [5.41, 5.74) is 0.893. The Hall–Kier alpha value is -3.35. The van der Waals surface area contributed by atoms with Gasteiger partial charge in [-0.1, -0.05) is 78.3 Å². The first-order valence-corrected chi connectivity index (χ1v) is 16.4. The number of amides is 3. The zero-order valence-corrected chi connectivity index (χ0v) is 28.8. The molecule has 0 spiro atoms. The summed E-state index contributed by atoms with van der Waals surface area (Å²) in [5.74, 6) is -2.10. The van der Waals surface area contributed by atoms with Crippen LogP contribution in [0.5, 0.6) is 0 Å². The fourth-order valence-corrected chi connectivity index (χ4v) is 6.18. The van der Waals surface area contributed by atoms with Gasteiger partial charge in [0.15, 0.2) is 0 Å². The van der Waals surface area contributed by atoms with Gasteiger partial charge in [-0.25, -0.2) is 9.78 Å². The molecular weight excluding hydrogens is 594 g/mol. The molecule has 0 fully saturated rings. The number of aliphatic carboxylic acids is 1. The van der Waals surface area contributed by atoms with Crippen LogP contribution in [-0.4, -0.2) is 84.1 Å². The van der Waals surface area contributed by atoms with Gasteiger partial charge in [0, 0.05) is 38.4 Å². The van der Waals surface area contributed by atoms with Crippen molar-refractivity contribution in [2.75, 3.05) is 21.2 Å². The molecule has 1 aromatic heterocycles. The van der Waals surface area contributed by atoms with Gasteiger partial charge < -0.3 is 30.7 Å². The van der Waals surface area contributed by atoms with Gasteiger partial charge in [0.1, 0.15) is 28.9 Å². The van der Waals surface area contributed by atoms with E-state index < -0.39 is 36.1 Å². The molecule has 45 heavy (non-hydrogen) atoms. The minimum Gasteiger partial charge on any atom is -0.480 e. The summed E-state index contributed by atoms with van der Waals surface area (Å²) >= 11 is 1.24. The fraction of sp³-hybridized carbons (Fsp3) is 0.606. The van der Waals surface area contributed by atoms with E-state index in [0.717, 1.165) is 5.56 Å². The molecule has 0 aliphatic heterocycles. The predicted octanol–water partition coefficient (Wildman–Crippen LogP) is 3.90. The van der Waals surface area contributed by atoms with Gasteiger partial charge in [-0.2, -0.15) is 0 Å². The number of benzene rings is 1.